The van der Waals surface area contributed by atoms with Gasteiger partial charge in [0, 0.05) is 16.3 Å². The summed E-state index contributed by atoms with van der Waals surface area (Å²) in [7, 11) is -3.05. The Labute approximate surface area is 291 Å². The minimum Gasteiger partial charge on any atom is -0.318 e. The van der Waals surface area contributed by atoms with E-state index in [1.165, 1.54) is 15.6 Å². The second-order valence-corrected chi connectivity index (χ2v) is 15.9. The first kappa shape index (κ1) is 30.4. The lowest BCUT2D eigenvalue weighted by Gasteiger charge is -2.36. The highest BCUT2D eigenvalue weighted by molar-refractivity contribution is 7.20. The maximum atomic E-state index is 10.8. The number of nitriles is 2. The van der Waals surface area contributed by atoms with Gasteiger partial charge in [-0.15, -0.1) is 0 Å². The van der Waals surface area contributed by atoms with Gasteiger partial charge in [-0.05, 0) is 50.6 Å². The van der Waals surface area contributed by atoms with Crippen molar-refractivity contribution in [3.05, 3.63) is 192 Å². The van der Waals surface area contributed by atoms with E-state index in [9.17, 15) is 10.5 Å². The molecular formula is C45H28N4Si. The fourth-order valence-corrected chi connectivity index (χ4v) is 12.6. The molecule has 0 atom stereocenters. The van der Waals surface area contributed by atoms with Crippen LogP contribution >= 0.6 is 0 Å². The van der Waals surface area contributed by atoms with Crippen LogP contribution < -0.4 is 20.7 Å². The molecule has 0 unspecified atom stereocenters. The van der Waals surface area contributed by atoms with Crippen molar-refractivity contribution in [1.29, 1.82) is 10.5 Å². The van der Waals surface area contributed by atoms with E-state index in [4.69, 9.17) is 6.57 Å². The minimum atomic E-state index is -3.05. The van der Waals surface area contributed by atoms with Gasteiger partial charge in [-0.25, -0.2) is 4.85 Å². The predicted octanol–water partition coefficient (Wildman–Crippen LogP) is 8.12. The Morgan fingerprint density at radius 3 is 1.70 bits per heavy atom. The lowest BCUT2D eigenvalue weighted by atomic mass is 9.96. The van der Waals surface area contributed by atoms with E-state index in [1.807, 2.05) is 48.5 Å². The number of benzene rings is 7. The average molecular weight is 653 g/mol. The Morgan fingerprint density at radius 2 is 1.10 bits per heavy atom. The highest BCUT2D eigenvalue weighted by atomic mass is 28.3. The van der Waals surface area contributed by atoms with Gasteiger partial charge in [0.1, 0.15) is 0 Å². The van der Waals surface area contributed by atoms with Gasteiger partial charge in [0.2, 0.25) is 5.69 Å². The summed E-state index contributed by atoms with van der Waals surface area (Å²) in [5.74, 6) is 0. The smallest absolute Gasteiger partial charge is 0.211 e. The molecule has 0 aliphatic rings. The molecule has 0 amide bonds. The highest BCUT2D eigenvalue weighted by Gasteiger charge is 2.43. The molecule has 0 fully saturated rings. The van der Waals surface area contributed by atoms with Gasteiger partial charge in [0.15, 0.2) is 8.07 Å². The van der Waals surface area contributed by atoms with Crippen LogP contribution in [0.25, 0.3) is 43.5 Å². The molecule has 1 aromatic heterocycles. The molecule has 8 aromatic rings. The molecule has 50 heavy (non-hydrogen) atoms. The molecule has 0 aliphatic heterocycles. The van der Waals surface area contributed by atoms with Crippen LogP contribution in [0.3, 0.4) is 0 Å². The summed E-state index contributed by atoms with van der Waals surface area (Å²) in [4.78, 5) is 4.08. The van der Waals surface area contributed by atoms with Crippen molar-refractivity contribution in [3.63, 3.8) is 0 Å². The Balaban J connectivity index is 1.57. The number of fused-ring (bicyclic) bond motifs is 3. The number of nitrogens with zero attached hydrogens (tertiary/aromatic N) is 4. The third-order valence-electron chi connectivity index (χ3n) is 9.64. The third-order valence-corrected chi connectivity index (χ3v) is 14.5. The fourth-order valence-electron chi connectivity index (χ4n) is 7.61. The number of rotatable bonds is 6. The topological polar surface area (TPSA) is 56.9 Å². The zero-order valence-electron chi connectivity index (χ0n) is 27.0. The Hall–Kier alpha value is -6.97. The zero-order valence-corrected chi connectivity index (χ0v) is 28.0. The second kappa shape index (κ2) is 12.6. The van der Waals surface area contributed by atoms with Crippen LogP contribution in [0.5, 0.6) is 0 Å². The van der Waals surface area contributed by atoms with E-state index in [0.29, 0.717) is 28.1 Å². The van der Waals surface area contributed by atoms with Gasteiger partial charge in [-0.1, -0.05) is 146 Å². The first-order valence-corrected chi connectivity index (χ1v) is 18.4. The van der Waals surface area contributed by atoms with Crippen LogP contribution in [0.2, 0.25) is 0 Å². The maximum absolute atomic E-state index is 10.8. The van der Waals surface area contributed by atoms with E-state index >= 15 is 0 Å². The SMILES string of the molecule is [C-]#[N+]c1ccc(C#N)c(-c2ccccc2[Si](c2ccccc2)(c2ccccc2)c2ccccc2)c1-n1c2ccccc2c2cc(C#N)ccc21. The second-order valence-electron chi connectivity index (χ2n) is 12.2. The van der Waals surface area contributed by atoms with Crippen molar-refractivity contribution in [1.82, 2.24) is 4.57 Å². The van der Waals surface area contributed by atoms with E-state index in [0.717, 1.165) is 32.6 Å². The molecule has 0 saturated heterocycles. The fraction of sp³-hybridized carbons (Fsp3) is 0. The van der Waals surface area contributed by atoms with Crippen LogP contribution in [0.15, 0.2) is 170 Å². The summed E-state index contributed by atoms with van der Waals surface area (Å²) in [5.41, 5.74) is 5.51. The Morgan fingerprint density at radius 1 is 0.540 bits per heavy atom. The summed E-state index contributed by atoms with van der Waals surface area (Å²) in [5, 5.41) is 27.3. The molecule has 0 aliphatic carbocycles. The van der Waals surface area contributed by atoms with Crippen LogP contribution in [0, 0.1) is 29.2 Å². The van der Waals surface area contributed by atoms with Crippen molar-refractivity contribution >= 4 is 56.3 Å². The summed E-state index contributed by atoms with van der Waals surface area (Å²) in [6.07, 6.45) is 0. The summed E-state index contributed by atoms with van der Waals surface area (Å²) in [6.45, 7) is 8.43. The number of hydrogen-bond donors (Lipinski definition) is 0. The van der Waals surface area contributed by atoms with Crippen molar-refractivity contribution in [2.45, 2.75) is 0 Å². The van der Waals surface area contributed by atoms with Crippen molar-refractivity contribution < 1.29 is 0 Å². The monoisotopic (exact) mass is 652 g/mol. The summed E-state index contributed by atoms with van der Waals surface area (Å²) >= 11 is 0. The Kier molecular flexibility index (Phi) is 7.63. The lowest BCUT2D eigenvalue weighted by Crippen LogP contribution is -2.75. The molecule has 0 spiro atoms. The number of hydrogen-bond acceptors (Lipinski definition) is 2. The quantitative estimate of drug-likeness (QED) is 0.104. The van der Waals surface area contributed by atoms with Gasteiger partial charge in [-0.2, -0.15) is 10.5 Å². The van der Waals surface area contributed by atoms with E-state index in [-0.39, 0.29) is 0 Å². The van der Waals surface area contributed by atoms with E-state index in [2.05, 4.69) is 131 Å². The molecular weight excluding hydrogens is 625 g/mol. The molecule has 1 heterocycles. The first-order chi connectivity index (χ1) is 24.7. The largest absolute Gasteiger partial charge is 0.318 e. The molecule has 0 radical (unpaired) electrons. The Bertz CT molecular complexity index is 2580. The van der Waals surface area contributed by atoms with Crippen LogP contribution in [-0.4, -0.2) is 12.6 Å². The number of para-hydroxylation sites is 1. The molecule has 0 N–H and O–H groups in total. The number of aromatic nitrogens is 1. The van der Waals surface area contributed by atoms with Gasteiger partial charge in [0.05, 0.1) is 46.6 Å². The van der Waals surface area contributed by atoms with Gasteiger partial charge < -0.3 is 4.57 Å². The predicted molar refractivity (Wildman–Crippen MR) is 206 cm³/mol. The summed E-state index contributed by atoms with van der Waals surface area (Å²) < 4.78 is 2.11. The third kappa shape index (κ3) is 4.64. The molecule has 7 aromatic carbocycles. The average Bonchev–Trinajstić information content (AvgIpc) is 3.52. The molecule has 0 saturated carbocycles. The molecule has 4 nitrogen and oxygen atoms in total. The lowest BCUT2D eigenvalue weighted by molar-refractivity contribution is 1.18. The summed E-state index contributed by atoms with van der Waals surface area (Å²) in [6, 6.07) is 62.6. The zero-order chi connectivity index (χ0) is 34.1. The molecule has 232 valence electrons. The molecule has 0 bridgehead atoms. The van der Waals surface area contributed by atoms with E-state index < -0.39 is 8.07 Å². The van der Waals surface area contributed by atoms with Gasteiger partial charge >= 0.3 is 0 Å². The van der Waals surface area contributed by atoms with Crippen molar-refractivity contribution in [2.24, 2.45) is 0 Å². The molecule has 8 rings (SSSR count). The van der Waals surface area contributed by atoms with Crippen molar-refractivity contribution in [3.8, 4) is 29.0 Å². The highest BCUT2D eigenvalue weighted by Crippen LogP contribution is 2.42. The van der Waals surface area contributed by atoms with Gasteiger partial charge in [-0.3, -0.25) is 0 Å². The van der Waals surface area contributed by atoms with Crippen LogP contribution in [0.4, 0.5) is 5.69 Å². The van der Waals surface area contributed by atoms with Gasteiger partial charge in [0.25, 0.3) is 0 Å². The van der Waals surface area contributed by atoms with Crippen molar-refractivity contribution in [2.75, 3.05) is 0 Å². The van der Waals surface area contributed by atoms with E-state index in [1.54, 1.807) is 12.1 Å². The van der Waals surface area contributed by atoms with Crippen LogP contribution in [-0.2, 0) is 0 Å². The van der Waals surface area contributed by atoms with Crippen LogP contribution in [0.1, 0.15) is 11.1 Å². The first-order valence-electron chi connectivity index (χ1n) is 16.4. The standard InChI is InChI=1S/C45H28N4Si/c1-48-40-27-26-33(31-47)44(45(40)49-41-23-13-11-21-37(41)39-29-32(30-46)25-28-42(39)49)38-22-12-14-24-43(38)50(34-15-5-2-6-16-34,35-17-7-3-8-18-35)36-19-9-4-10-20-36/h2-29H. The normalized spacial score (nSPS) is 11.1. The maximum Gasteiger partial charge on any atom is 0.211 e. The molecule has 5 heteroatoms. The minimum absolute atomic E-state index is 0.437.